The maximum absolute atomic E-state index is 12.5. The average molecular weight is 493 g/mol. The maximum atomic E-state index is 12.5. The number of hydrogen-bond acceptors (Lipinski definition) is 9. The Morgan fingerprint density at radius 1 is 0.972 bits per heavy atom. The number of ether oxygens (including phenoxy) is 4. The number of hydrogen-bond donors (Lipinski definition) is 1. The van der Waals surface area contributed by atoms with Crippen LogP contribution in [-0.4, -0.2) is 43.3 Å². The third-order valence-electron chi connectivity index (χ3n) is 4.62. The van der Waals surface area contributed by atoms with E-state index < -0.39 is 16.8 Å². The molecule has 186 valence electrons. The molecule has 0 aliphatic heterocycles. The molecule has 0 fully saturated rings. The molecule has 0 saturated heterocycles. The summed E-state index contributed by atoms with van der Waals surface area (Å²) < 4.78 is 21.4. The van der Waals surface area contributed by atoms with Gasteiger partial charge in [0.2, 0.25) is 0 Å². The molecule has 1 N–H and O–H groups in total. The number of non-ortho nitro benzene ring substituents is 1. The molecule has 3 rings (SSSR count). The van der Waals surface area contributed by atoms with E-state index in [4.69, 9.17) is 18.9 Å². The largest absolute Gasteiger partial charge is 0.497 e. The van der Waals surface area contributed by atoms with Crippen LogP contribution in [0.1, 0.15) is 22.8 Å². The van der Waals surface area contributed by atoms with E-state index >= 15 is 0 Å². The number of nitrogens with one attached hydrogen (secondary N) is 1. The fraction of sp³-hybridized carbons (Fsp3) is 0.160. The molecule has 0 saturated carbocycles. The van der Waals surface area contributed by atoms with Crippen molar-refractivity contribution in [2.45, 2.75) is 6.92 Å². The number of nitro groups is 1. The minimum Gasteiger partial charge on any atom is -0.497 e. The fourth-order valence-corrected chi connectivity index (χ4v) is 2.87. The summed E-state index contributed by atoms with van der Waals surface area (Å²) in [5.74, 6) is 0.405. The number of nitro benzene ring substituents is 1. The lowest BCUT2D eigenvalue weighted by Crippen LogP contribution is -2.24. The molecule has 0 spiro atoms. The van der Waals surface area contributed by atoms with Crippen molar-refractivity contribution in [2.24, 2.45) is 5.10 Å². The minimum absolute atomic E-state index is 0.0793. The monoisotopic (exact) mass is 493 g/mol. The Bertz CT molecular complexity index is 1240. The number of nitrogens with zero attached hydrogens (tertiary/aromatic N) is 2. The smallest absolute Gasteiger partial charge is 0.343 e. The van der Waals surface area contributed by atoms with E-state index in [1.54, 1.807) is 49.4 Å². The standard InChI is InChI=1S/C25H23N3O8/c1-3-34-23-14-17(4-13-22(23)36-25(30)18-5-9-20(33-2)10-6-18)15-26-27-24(29)16-35-21-11-7-19(8-12-21)28(31)32/h4-15H,3,16H2,1-2H3,(H,27,29)/b26-15+. The van der Waals surface area contributed by atoms with Crippen molar-refractivity contribution in [3.63, 3.8) is 0 Å². The van der Waals surface area contributed by atoms with E-state index in [0.29, 0.717) is 35.0 Å². The number of methoxy groups -OCH3 is 1. The van der Waals surface area contributed by atoms with Crippen LogP contribution < -0.4 is 24.4 Å². The van der Waals surface area contributed by atoms with Gasteiger partial charge in [-0.15, -0.1) is 0 Å². The van der Waals surface area contributed by atoms with Gasteiger partial charge in [0.25, 0.3) is 11.6 Å². The van der Waals surface area contributed by atoms with Gasteiger partial charge >= 0.3 is 5.97 Å². The highest BCUT2D eigenvalue weighted by Crippen LogP contribution is 2.29. The molecule has 0 radical (unpaired) electrons. The highest BCUT2D eigenvalue weighted by Gasteiger charge is 2.13. The van der Waals surface area contributed by atoms with E-state index in [2.05, 4.69) is 10.5 Å². The van der Waals surface area contributed by atoms with E-state index in [-0.39, 0.29) is 18.0 Å². The summed E-state index contributed by atoms with van der Waals surface area (Å²) in [5.41, 5.74) is 3.17. The number of hydrazone groups is 1. The molecule has 0 aromatic heterocycles. The molecule has 0 bridgehead atoms. The molecule has 0 heterocycles. The van der Waals surface area contributed by atoms with Gasteiger partial charge in [-0.3, -0.25) is 14.9 Å². The van der Waals surface area contributed by atoms with Crippen LogP contribution in [0, 0.1) is 10.1 Å². The summed E-state index contributed by atoms with van der Waals surface area (Å²) >= 11 is 0. The number of carbonyl (C=O) groups excluding carboxylic acids is 2. The predicted octanol–water partition coefficient (Wildman–Crippen LogP) is 3.75. The highest BCUT2D eigenvalue weighted by molar-refractivity contribution is 5.92. The molecule has 0 aliphatic rings. The summed E-state index contributed by atoms with van der Waals surface area (Å²) in [6.07, 6.45) is 1.39. The Kier molecular flexibility index (Phi) is 8.93. The van der Waals surface area contributed by atoms with Crippen molar-refractivity contribution in [2.75, 3.05) is 20.3 Å². The summed E-state index contributed by atoms with van der Waals surface area (Å²) in [6.45, 7) is 1.80. The molecule has 0 atom stereocenters. The normalized spacial score (nSPS) is 10.5. The van der Waals surface area contributed by atoms with E-state index in [1.807, 2.05) is 0 Å². The predicted molar refractivity (Wildman–Crippen MR) is 130 cm³/mol. The molecule has 3 aromatic rings. The van der Waals surface area contributed by atoms with Gasteiger partial charge in [0.05, 0.1) is 30.4 Å². The molecule has 11 heteroatoms. The lowest BCUT2D eigenvalue weighted by atomic mass is 10.2. The van der Waals surface area contributed by atoms with Gasteiger partial charge in [-0.25, -0.2) is 10.2 Å². The lowest BCUT2D eigenvalue weighted by molar-refractivity contribution is -0.384. The summed E-state index contributed by atoms with van der Waals surface area (Å²) in [6, 6.07) is 16.7. The van der Waals surface area contributed by atoms with Gasteiger partial charge in [-0.2, -0.15) is 5.10 Å². The first-order valence-corrected chi connectivity index (χ1v) is 10.7. The zero-order valence-corrected chi connectivity index (χ0v) is 19.5. The van der Waals surface area contributed by atoms with E-state index in [0.717, 1.165) is 0 Å². The summed E-state index contributed by atoms with van der Waals surface area (Å²) in [5, 5.41) is 14.5. The first kappa shape index (κ1) is 25.7. The number of benzene rings is 3. The molecule has 3 aromatic carbocycles. The van der Waals surface area contributed by atoms with Gasteiger partial charge in [-0.1, -0.05) is 0 Å². The molecule has 1 amide bonds. The SMILES string of the molecule is CCOc1cc(/C=N/NC(=O)COc2ccc([N+](=O)[O-])cc2)ccc1OC(=O)c1ccc(OC)cc1. The molecule has 11 nitrogen and oxygen atoms in total. The summed E-state index contributed by atoms with van der Waals surface area (Å²) in [4.78, 5) is 34.6. The van der Waals surface area contributed by atoms with Crippen molar-refractivity contribution in [1.29, 1.82) is 0 Å². The van der Waals surface area contributed by atoms with E-state index in [9.17, 15) is 19.7 Å². The Hall–Kier alpha value is -4.93. The average Bonchev–Trinajstić information content (AvgIpc) is 2.89. The first-order valence-electron chi connectivity index (χ1n) is 10.7. The Labute approximate surface area is 206 Å². The second-order valence-corrected chi connectivity index (χ2v) is 7.09. The van der Waals surface area contributed by atoms with Crippen LogP contribution in [0.15, 0.2) is 71.8 Å². The Morgan fingerprint density at radius 3 is 2.31 bits per heavy atom. The molecule has 36 heavy (non-hydrogen) atoms. The number of carbonyl (C=O) groups is 2. The lowest BCUT2D eigenvalue weighted by Gasteiger charge is -2.11. The topological polar surface area (TPSA) is 139 Å². The van der Waals surface area contributed by atoms with Gasteiger partial charge in [0.15, 0.2) is 18.1 Å². The van der Waals surface area contributed by atoms with Crippen LogP contribution >= 0.6 is 0 Å². The van der Waals surface area contributed by atoms with Crippen molar-refractivity contribution >= 4 is 23.8 Å². The van der Waals surface area contributed by atoms with Crippen molar-refractivity contribution in [3.05, 3.63) is 88.0 Å². The molecular weight excluding hydrogens is 470 g/mol. The fourth-order valence-electron chi connectivity index (χ4n) is 2.87. The number of rotatable bonds is 11. The zero-order chi connectivity index (χ0) is 25.9. The van der Waals surface area contributed by atoms with Crippen LogP contribution in [0.2, 0.25) is 0 Å². The number of amides is 1. The first-order chi connectivity index (χ1) is 17.4. The number of esters is 1. The minimum atomic E-state index is -0.555. The van der Waals surface area contributed by atoms with Crippen LogP contribution in [0.25, 0.3) is 0 Å². The van der Waals surface area contributed by atoms with Crippen LogP contribution in [-0.2, 0) is 4.79 Å². The zero-order valence-electron chi connectivity index (χ0n) is 19.5. The van der Waals surface area contributed by atoms with Crippen molar-refractivity contribution in [3.8, 4) is 23.0 Å². The van der Waals surface area contributed by atoms with Gasteiger partial charge < -0.3 is 18.9 Å². The van der Waals surface area contributed by atoms with E-state index in [1.165, 1.54) is 37.6 Å². The third kappa shape index (κ3) is 7.29. The van der Waals surface area contributed by atoms with Crippen molar-refractivity contribution < 1.29 is 33.5 Å². The molecule has 0 unspecified atom stereocenters. The third-order valence-corrected chi connectivity index (χ3v) is 4.62. The highest BCUT2D eigenvalue weighted by atomic mass is 16.6. The quantitative estimate of drug-likeness (QED) is 0.140. The summed E-state index contributed by atoms with van der Waals surface area (Å²) in [7, 11) is 1.54. The van der Waals surface area contributed by atoms with Crippen LogP contribution in [0.3, 0.4) is 0 Å². The Morgan fingerprint density at radius 2 is 1.67 bits per heavy atom. The van der Waals surface area contributed by atoms with Crippen LogP contribution in [0.5, 0.6) is 23.0 Å². The second kappa shape index (κ2) is 12.5. The molecule has 0 aliphatic carbocycles. The van der Waals surface area contributed by atoms with Crippen molar-refractivity contribution in [1.82, 2.24) is 5.43 Å². The Balaban J connectivity index is 1.57. The second-order valence-electron chi connectivity index (χ2n) is 7.09. The van der Waals surface area contributed by atoms with Gasteiger partial charge in [0.1, 0.15) is 11.5 Å². The molecular formula is C25H23N3O8. The van der Waals surface area contributed by atoms with Gasteiger partial charge in [-0.05, 0) is 67.1 Å². The maximum Gasteiger partial charge on any atom is 0.343 e. The van der Waals surface area contributed by atoms with Crippen LogP contribution in [0.4, 0.5) is 5.69 Å². The van der Waals surface area contributed by atoms with Gasteiger partial charge in [0, 0.05) is 12.1 Å².